The zero-order valence-corrected chi connectivity index (χ0v) is 14.7. The van der Waals surface area contributed by atoms with Crippen molar-refractivity contribution in [2.75, 3.05) is 11.9 Å². The fourth-order valence-corrected chi connectivity index (χ4v) is 3.13. The van der Waals surface area contributed by atoms with Crippen LogP contribution in [0.25, 0.3) is 0 Å². The van der Waals surface area contributed by atoms with Crippen molar-refractivity contribution in [3.8, 4) is 5.75 Å². The van der Waals surface area contributed by atoms with Gasteiger partial charge in [-0.25, -0.2) is 0 Å². The maximum Gasteiger partial charge on any atom is 0.258 e. The van der Waals surface area contributed by atoms with Gasteiger partial charge in [-0.2, -0.15) is 0 Å². The molecular weight excluding hydrogens is 312 g/mol. The fourth-order valence-electron chi connectivity index (χ4n) is 3.13. The Hall–Kier alpha value is -2.75. The normalized spacial score (nSPS) is 17.4. The number of nitrogens with zero attached hydrogens (tertiary/aromatic N) is 1. The molecule has 2 atom stereocenters. The molecule has 1 aliphatic rings. The van der Waals surface area contributed by atoms with Gasteiger partial charge in [-0.05, 0) is 31.5 Å². The highest BCUT2D eigenvalue weighted by Crippen LogP contribution is 2.38. The predicted molar refractivity (Wildman–Crippen MR) is 101 cm³/mol. The van der Waals surface area contributed by atoms with E-state index in [0.717, 1.165) is 23.4 Å². The maximum absolute atomic E-state index is 13.2. The van der Waals surface area contributed by atoms with Gasteiger partial charge in [0, 0.05) is 17.3 Å². The summed E-state index contributed by atoms with van der Waals surface area (Å²) >= 11 is 0. The van der Waals surface area contributed by atoms with Crippen LogP contribution < -0.4 is 10.1 Å². The summed E-state index contributed by atoms with van der Waals surface area (Å²) in [4.78, 5) is 15.1. The van der Waals surface area contributed by atoms with Crippen molar-refractivity contribution >= 4 is 11.6 Å². The first-order valence-electron chi connectivity index (χ1n) is 8.68. The zero-order valence-electron chi connectivity index (χ0n) is 14.7. The van der Waals surface area contributed by atoms with Crippen LogP contribution in [-0.4, -0.2) is 23.5 Å². The van der Waals surface area contributed by atoms with E-state index in [1.807, 2.05) is 53.4 Å². The predicted octanol–water partition coefficient (Wildman–Crippen LogP) is 4.62. The molecule has 4 nitrogen and oxygen atoms in total. The van der Waals surface area contributed by atoms with Crippen molar-refractivity contribution in [1.29, 1.82) is 0 Å². The van der Waals surface area contributed by atoms with Crippen LogP contribution in [0.2, 0.25) is 0 Å². The second kappa shape index (κ2) is 7.43. The number of fused-ring (bicyclic) bond motifs is 1. The molecule has 0 radical (unpaired) electrons. The van der Waals surface area contributed by atoms with Gasteiger partial charge in [0.2, 0.25) is 0 Å². The molecule has 1 amide bonds. The van der Waals surface area contributed by atoms with Gasteiger partial charge in [-0.15, -0.1) is 0 Å². The van der Waals surface area contributed by atoms with E-state index in [9.17, 15) is 4.79 Å². The summed E-state index contributed by atoms with van der Waals surface area (Å²) in [6.07, 6.45) is 2.33. The van der Waals surface area contributed by atoms with Gasteiger partial charge in [0.25, 0.3) is 5.91 Å². The Kier molecular flexibility index (Phi) is 5.08. The lowest BCUT2D eigenvalue weighted by Gasteiger charge is -2.41. The molecule has 0 spiro atoms. The van der Waals surface area contributed by atoms with Crippen LogP contribution in [0.3, 0.4) is 0 Å². The molecule has 3 rings (SSSR count). The number of hydrogen-bond donors (Lipinski definition) is 1. The minimum absolute atomic E-state index is 0.0484. The van der Waals surface area contributed by atoms with Crippen molar-refractivity contribution in [2.24, 2.45) is 0 Å². The molecule has 4 heteroatoms. The maximum atomic E-state index is 13.2. The monoisotopic (exact) mass is 336 g/mol. The number of anilines is 1. The van der Waals surface area contributed by atoms with Gasteiger partial charge < -0.3 is 15.0 Å². The Bertz CT molecular complexity index is 772. The van der Waals surface area contributed by atoms with E-state index in [1.54, 1.807) is 6.08 Å². The summed E-state index contributed by atoms with van der Waals surface area (Å²) in [6, 6.07) is 15.6. The van der Waals surface area contributed by atoms with Crippen molar-refractivity contribution in [2.45, 2.75) is 32.5 Å². The second-order valence-corrected chi connectivity index (χ2v) is 6.20. The van der Waals surface area contributed by atoms with Gasteiger partial charge in [0.15, 0.2) is 0 Å². The summed E-state index contributed by atoms with van der Waals surface area (Å²) < 4.78 is 5.83. The largest absolute Gasteiger partial charge is 0.489 e. The highest BCUT2D eigenvalue weighted by molar-refractivity contribution is 6.02. The van der Waals surface area contributed by atoms with Crippen LogP contribution in [0.5, 0.6) is 5.75 Å². The summed E-state index contributed by atoms with van der Waals surface area (Å²) in [5.74, 6) is 0.813. The molecule has 0 bridgehead atoms. The van der Waals surface area contributed by atoms with Crippen LogP contribution in [-0.2, 0) is 0 Å². The number of carbonyl (C=O) groups is 1. The first kappa shape index (κ1) is 17.1. The van der Waals surface area contributed by atoms with E-state index in [0.29, 0.717) is 12.2 Å². The van der Waals surface area contributed by atoms with Crippen LogP contribution in [0.15, 0.2) is 61.2 Å². The van der Waals surface area contributed by atoms with Crippen molar-refractivity contribution in [1.82, 2.24) is 4.90 Å². The first-order chi connectivity index (χ1) is 12.2. The van der Waals surface area contributed by atoms with E-state index < -0.39 is 0 Å². The molecule has 0 aromatic heterocycles. The smallest absolute Gasteiger partial charge is 0.258 e. The summed E-state index contributed by atoms with van der Waals surface area (Å²) in [5.41, 5.74) is 2.52. The van der Waals surface area contributed by atoms with Gasteiger partial charge in [-0.3, -0.25) is 4.79 Å². The average Bonchev–Trinajstić information content (AvgIpc) is 2.66. The van der Waals surface area contributed by atoms with E-state index in [2.05, 4.69) is 25.7 Å². The Morgan fingerprint density at radius 3 is 2.72 bits per heavy atom. The molecule has 0 unspecified atom stereocenters. The fraction of sp³-hybridized carbons (Fsp3) is 0.286. The standard InChI is InChI=1S/C21H24N2O2/c1-4-14-25-19-13-9-7-11-17(19)20-22-18-12-8-6-10-16(18)21(24)23(20)15(3)5-2/h4,6-13,15,20,22H,1,5,14H2,2-3H3/t15-,20-/m1/s1. The van der Waals surface area contributed by atoms with E-state index in [-0.39, 0.29) is 18.1 Å². The molecule has 25 heavy (non-hydrogen) atoms. The molecule has 2 aromatic carbocycles. The Labute approximate surface area is 149 Å². The third kappa shape index (κ3) is 3.25. The summed E-state index contributed by atoms with van der Waals surface area (Å²) in [5, 5.41) is 3.53. The number of para-hydroxylation sites is 2. The number of nitrogens with one attached hydrogen (secondary N) is 1. The van der Waals surface area contributed by atoms with Gasteiger partial charge in [0.05, 0.1) is 5.56 Å². The minimum atomic E-state index is -0.265. The highest BCUT2D eigenvalue weighted by Gasteiger charge is 2.36. The zero-order chi connectivity index (χ0) is 17.8. The van der Waals surface area contributed by atoms with Crippen LogP contribution >= 0.6 is 0 Å². The molecule has 0 saturated heterocycles. The molecule has 0 fully saturated rings. The van der Waals surface area contributed by atoms with Crippen LogP contribution in [0.4, 0.5) is 5.69 Å². The molecule has 130 valence electrons. The van der Waals surface area contributed by atoms with E-state index in [1.165, 1.54) is 0 Å². The Morgan fingerprint density at radius 2 is 1.96 bits per heavy atom. The second-order valence-electron chi connectivity index (χ2n) is 6.20. The molecule has 1 aliphatic heterocycles. The lowest BCUT2D eigenvalue weighted by molar-refractivity contribution is 0.0591. The van der Waals surface area contributed by atoms with Crippen LogP contribution in [0, 0.1) is 0 Å². The number of ether oxygens (including phenoxy) is 1. The van der Waals surface area contributed by atoms with Gasteiger partial charge in [-0.1, -0.05) is 49.9 Å². The number of rotatable bonds is 6. The lowest BCUT2D eigenvalue weighted by atomic mass is 10.0. The molecule has 1 N–H and O–H groups in total. The average molecular weight is 336 g/mol. The molecule has 2 aromatic rings. The number of hydrogen-bond acceptors (Lipinski definition) is 3. The summed E-state index contributed by atoms with van der Waals surface area (Å²) in [7, 11) is 0. The number of benzene rings is 2. The van der Waals surface area contributed by atoms with Crippen molar-refractivity contribution in [3.05, 3.63) is 72.3 Å². The SMILES string of the molecule is C=CCOc1ccccc1[C@@H]1Nc2ccccc2C(=O)N1[C@H](C)CC. The third-order valence-electron chi connectivity index (χ3n) is 4.60. The quantitative estimate of drug-likeness (QED) is 0.783. The van der Waals surface area contributed by atoms with E-state index >= 15 is 0 Å². The highest BCUT2D eigenvalue weighted by atomic mass is 16.5. The molecule has 0 aliphatic carbocycles. The summed E-state index contributed by atoms with van der Waals surface area (Å²) in [6.45, 7) is 8.31. The number of amides is 1. The van der Waals surface area contributed by atoms with Gasteiger partial charge >= 0.3 is 0 Å². The minimum Gasteiger partial charge on any atom is -0.489 e. The third-order valence-corrected chi connectivity index (χ3v) is 4.60. The topological polar surface area (TPSA) is 41.6 Å². The van der Waals surface area contributed by atoms with E-state index in [4.69, 9.17) is 4.74 Å². The molecule has 1 heterocycles. The Balaban J connectivity index is 2.07. The molecular formula is C21H24N2O2. The number of carbonyl (C=O) groups excluding carboxylic acids is 1. The molecule has 0 saturated carbocycles. The van der Waals surface area contributed by atoms with Crippen molar-refractivity contribution in [3.63, 3.8) is 0 Å². The van der Waals surface area contributed by atoms with Crippen LogP contribution in [0.1, 0.15) is 42.4 Å². The van der Waals surface area contributed by atoms with Crippen molar-refractivity contribution < 1.29 is 9.53 Å². The Morgan fingerprint density at radius 1 is 1.24 bits per heavy atom. The lowest BCUT2D eigenvalue weighted by Crippen LogP contribution is -2.47. The first-order valence-corrected chi connectivity index (χ1v) is 8.68. The van der Waals surface area contributed by atoms with Gasteiger partial charge in [0.1, 0.15) is 18.5 Å².